The van der Waals surface area contributed by atoms with Crippen LogP contribution in [0, 0.1) is 0 Å². The van der Waals surface area contributed by atoms with Gasteiger partial charge in [-0.1, -0.05) is 53.5 Å². The third kappa shape index (κ3) is 2.61. The number of sulfonamides is 1. The number of carbonyl (C=O) groups is 1. The maximum atomic E-state index is 12.9. The minimum absolute atomic E-state index is 0.206. The summed E-state index contributed by atoms with van der Waals surface area (Å²) in [5, 5.41) is 4.56. The minimum atomic E-state index is -3.79. The first-order valence-corrected chi connectivity index (χ1v) is 9.87. The Kier molecular flexibility index (Phi) is 4.06. The smallest absolute Gasteiger partial charge is 0.265 e. The Morgan fingerprint density at radius 2 is 1.69 bits per heavy atom. The van der Waals surface area contributed by atoms with Gasteiger partial charge >= 0.3 is 0 Å². The van der Waals surface area contributed by atoms with Crippen molar-refractivity contribution in [3.8, 4) is 0 Å². The standard InChI is InChI=1S/C18H12Cl2N2O3S/c19-12-6-3-7-13(18(12)20)21-16(23)10-22-14-8-1-4-11-5-2-9-15(17(11)14)26(22,24)25/h1-9H,10H2,(H,21,23). The highest BCUT2D eigenvalue weighted by Crippen LogP contribution is 2.41. The molecule has 4 rings (SSSR count). The van der Waals surface area contributed by atoms with Crippen LogP contribution in [-0.2, 0) is 14.8 Å². The molecule has 1 aliphatic rings. The molecule has 0 saturated heterocycles. The second-order valence-electron chi connectivity index (χ2n) is 5.79. The molecule has 0 unspecified atom stereocenters. The molecule has 1 aliphatic heterocycles. The number of benzene rings is 3. The van der Waals surface area contributed by atoms with E-state index in [0.29, 0.717) is 21.8 Å². The highest BCUT2D eigenvalue weighted by molar-refractivity contribution is 7.93. The molecule has 0 bridgehead atoms. The van der Waals surface area contributed by atoms with Crippen LogP contribution in [0.5, 0.6) is 0 Å². The first kappa shape index (κ1) is 17.1. The molecule has 8 heteroatoms. The van der Waals surface area contributed by atoms with Crippen molar-refractivity contribution >= 4 is 61.3 Å². The number of halogens is 2. The van der Waals surface area contributed by atoms with Crippen molar-refractivity contribution in [3.63, 3.8) is 0 Å². The minimum Gasteiger partial charge on any atom is -0.323 e. The number of hydrogen-bond acceptors (Lipinski definition) is 3. The van der Waals surface area contributed by atoms with Crippen LogP contribution in [0.15, 0.2) is 59.5 Å². The molecule has 0 atom stereocenters. The second-order valence-corrected chi connectivity index (χ2v) is 8.41. The van der Waals surface area contributed by atoms with Gasteiger partial charge in [0.1, 0.15) is 6.54 Å². The van der Waals surface area contributed by atoms with Crippen molar-refractivity contribution in [3.05, 3.63) is 64.6 Å². The highest BCUT2D eigenvalue weighted by atomic mass is 35.5. The van der Waals surface area contributed by atoms with E-state index >= 15 is 0 Å². The third-order valence-corrected chi connectivity index (χ3v) is 6.82. The predicted octanol–water partition coefficient (Wildman–Crippen LogP) is 4.29. The summed E-state index contributed by atoms with van der Waals surface area (Å²) in [6, 6.07) is 15.2. The summed E-state index contributed by atoms with van der Waals surface area (Å²) in [4.78, 5) is 12.7. The van der Waals surface area contributed by atoms with Crippen LogP contribution in [0.25, 0.3) is 10.8 Å². The Hall–Kier alpha value is -2.28. The predicted molar refractivity (Wildman–Crippen MR) is 104 cm³/mol. The van der Waals surface area contributed by atoms with Gasteiger partial charge in [-0.2, -0.15) is 0 Å². The van der Waals surface area contributed by atoms with Crippen LogP contribution in [0.1, 0.15) is 0 Å². The van der Waals surface area contributed by atoms with Gasteiger partial charge in [0.25, 0.3) is 10.0 Å². The Balaban J connectivity index is 1.68. The van der Waals surface area contributed by atoms with Crippen molar-refractivity contribution in [1.82, 2.24) is 0 Å². The van der Waals surface area contributed by atoms with Crippen LogP contribution in [0.4, 0.5) is 11.4 Å². The lowest BCUT2D eigenvalue weighted by atomic mass is 10.1. The summed E-state index contributed by atoms with van der Waals surface area (Å²) in [6.07, 6.45) is 0. The van der Waals surface area contributed by atoms with Crippen LogP contribution >= 0.6 is 23.2 Å². The number of hydrogen-bond donors (Lipinski definition) is 1. The summed E-state index contributed by atoms with van der Waals surface area (Å²) in [5.74, 6) is -0.512. The van der Waals surface area contributed by atoms with Gasteiger partial charge in [-0.05, 0) is 29.7 Å². The molecule has 0 aliphatic carbocycles. The zero-order valence-corrected chi connectivity index (χ0v) is 15.6. The molecule has 3 aromatic carbocycles. The van der Waals surface area contributed by atoms with Gasteiger partial charge in [-0.3, -0.25) is 9.10 Å². The summed E-state index contributed by atoms with van der Waals surface area (Å²) in [7, 11) is -3.79. The largest absolute Gasteiger partial charge is 0.323 e. The van der Waals surface area contributed by atoms with Gasteiger partial charge in [-0.25, -0.2) is 8.42 Å². The van der Waals surface area contributed by atoms with Crippen molar-refractivity contribution in [2.75, 3.05) is 16.2 Å². The number of nitrogens with one attached hydrogen (secondary N) is 1. The molecule has 5 nitrogen and oxygen atoms in total. The zero-order valence-electron chi connectivity index (χ0n) is 13.2. The van der Waals surface area contributed by atoms with Gasteiger partial charge in [0.05, 0.1) is 26.3 Å². The maximum Gasteiger partial charge on any atom is 0.265 e. The van der Waals surface area contributed by atoms with Crippen LogP contribution in [0.3, 0.4) is 0 Å². The molecule has 1 amide bonds. The van der Waals surface area contributed by atoms with E-state index in [1.807, 2.05) is 12.1 Å². The van der Waals surface area contributed by atoms with E-state index < -0.39 is 15.9 Å². The molecule has 1 N–H and O–H groups in total. The fraction of sp³-hybridized carbons (Fsp3) is 0.0556. The van der Waals surface area contributed by atoms with Gasteiger partial charge in [0, 0.05) is 5.39 Å². The number of nitrogens with zero attached hydrogens (tertiary/aromatic N) is 1. The van der Waals surface area contributed by atoms with Crippen LogP contribution < -0.4 is 9.62 Å². The zero-order chi connectivity index (χ0) is 18.5. The molecular formula is C18H12Cl2N2O3S. The Labute approximate surface area is 160 Å². The number of anilines is 2. The van der Waals surface area contributed by atoms with E-state index in [1.165, 1.54) is 0 Å². The van der Waals surface area contributed by atoms with Crippen LogP contribution in [-0.4, -0.2) is 20.9 Å². The number of amides is 1. The van der Waals surface area contributed by atoms with Crippen molar-refractivity contribution < 1.29 is 13.2 Å². The molecule has 3 aromatic rings. The molecular weight excluding hydrogens is 395 g/mol. The quantitative estimate of drug-likeness (QED) is 0.704. The Morgan fingerprint density at radius 3 is 2.46 bits per heavy atom. The molecule has 0 spiro atoms. The molecule has 1 heterocycles. The molecule has 0 fully saturated rings. The van der Waals surface area contributed by atoms with Gasteiger partial charge in [0.15, 0.2) is 0 Å². The van der Waals surface area contributed by atoms with Gasteiger partial charge in [0.2, 0.25) is 5.91 Å². The van der Waals surface area contributed by atoms with E-state index in [1.54, 1.807) is 42.5 Å². The van der Waals surface area contributed by atoms with Crippen molar-refractivity contribution in [2.45, 2.75) is 4.90 Å². The summed E-state index contributed by atoms with van der Waals surface area (Å²) < 4.78 is 26.9. The average Bonchev–Trinajstić information content (AvgIpc) is 2.83. The normalized spacial score (nSPS) is 14.6. The second kappa shape index (κ2) is 6.16. The van der Waals surface area contributed by atoms with E-state index in [9.17, 15) is 13.2 Å². The lowest BCUT2D eigenvalue weighted by molar-refractivity contribution is -0.114. The molecule has 26 heavy (non-hydrogen) atoms. The molecule has 0 aromatic heterocycles. The van der Waals surface area contributed by atoms with Crippen molar-refractivity contribution in [2.24, 2.45) is 0 Å². The molecule has 0 saturated carbocycles. The van der Waals surface area contributed by atoms with E-state index in [4.69, 9.17) is 23.2 Å². The Morgan fingerprint density at radius 1 is 1.00 bits per heavy atom. The number of rotatable bonds is 3. The monoisotopic (exact) mass is 406 g/mol. The molecule has 132 valence electrons. The summed E-state index contributed by atoms with van der Waals surface area (Å²) in [5.41, 5.74) is 0.821. The number of carbonyl (C=O) groups excluding carboxylic acids is 1. The fourth-order valence-electron chi connectivity index (χ4n) is 3.05. The first-order chi connectivity index (χ1) is 12.4. The summed E-state index contributed by atoms with van der Waals surface area (Å²) in [6.45, 7) is -0.362. The van der Waals surface area contributed by atoms with E-state index in [-0.39, 0.29) is 16.5 Å². The topological polar surface area (TPSA) is 66.5 Å². The first-order valence-electron chi connectivity index (χ1n) is 7.68. The van der Waals surface area contributed by atoms with E-state index in [2.05, 4.69) is 5.32 Å². The Bertz CT molecular complexity index is 1160. The summed E-state index contributed by atoms with van der Waals surface area (Å²) >= 11 is 12.0. The fourth-order valence-corrected chi connectivity index (χ4v) is 5.06. The maximum absolute atomic E-state index is 12.9. The average molecular weight is 407 g/mol. The lowest BCUT2D eigenvalue weighted by Crippen LogP contribution is -2.35. The van der Waals surface area contributed by atoms with Gasteiger partial charge in [-0.15, -0.1) is 0 Å². The van der Waals surface area contributed by atoms with Crippen molar-refractivity contribution in [1.29, 1.82) is 0 Å². The highest BCUT2D eigenvalue weighted by Gasteiger charge is 2.36. The SMILES string of the molecule is O=C(CN1c2cccc3cccc(c23)S1(=O)=O)Nc1cccc(Cl)c1Cl. The van der Waals surface area contributed by atoms with Gasteiger partial charge < -0.3 is 5.32 Å². The third-order valence-electron chi connectivity index (χ3n) is 4.19. The van der Waals surface area contributed by atoms with Crippen LogP contribution in [0.2, 0.25) is 10.0 Å². The molecule has 0 radical (unpaired) electrons. The lowest BCUT2D eigenvalue weighted by Gasteiger charge is -2.18. The van der Waals surface area contributed by atoms with E-state index in [0.717, 1.165) is 9.69 Å².